The van der Waals surface area contributed by atoms with E-state index in [0.717, 1.165) is 36.7 Å². The van der Waals surface area contributed by atoms with Crippen molar-refractivity contribution in [3.05, 3.63) is 52.0 Å². The van der Waals surface area contributed by atoms with Crippen LogP contribution < -0.4 is 5.32 Å². The second-order valence-corrected chi connectivity index (χ2v) is 5.54. The van der Waals surface area contributed by atoms with Gasteiger partial charge in [0.25, 0.3) is 0 Å². The van der Waals surface area contributed by atoms with E-state index in [2.05, 4.69) is 58.1 Å². The average molecular weight is 283 g/mol. The van der Waals surface area contributed by atoms with Crippen LogP contribution in [0, 0.1) is 20.8 Å². The third kappa shape index (κ3) is 3.60. The van der Waals surface area contributed by atoms with Crippen LogP contribution in [0.15, 0.2) is 18.2 Å². The Kier molecular flexibility index (Phi) is 4.94. The number of benzene rings is 1. The summed E-state index contributed by atoms with van der Waals surface area (Å²) in [5, 5.41) is 3.35. The highest BCUT2D eigenvalue weighted by Gasteiger charge is 2.10. The molecule has 0 saturated heterocycles. The van der Waals surface area contributed by atoms with Crippen LogP contribution in [0.3, 0.4) is 0 Å². The number of hydrogen-bond donors (Lipinski definition) is 1. The normalized spacial score (nSPS) is 10.7. The highest BCUT2D eigenvalue weighted by Crippen LogP contribution is 2.18. The van der Waals surface area contributed by atoms with Crippen molar-refractivity contribution >= 4 is 5.82 Å². The van der Waals surface area contributed by atoms with Gasteiger partial charge in [0.05, 0.1) is 0 Å². The minimum Gasteiger partial charge on any atom is -0.370 e. The van der Waals surface area contributed by atoms with Gasteiger partial charge in [-0.25, -0.2) is 9.97 Å². The fourth-order valence-electron chi connectivity index (χ4n) is 2.47. The summed E-state index contributed by atoms with van der Waals surface area (Å²) in [5.74, 6) is 1.87. The summed E-state index contributed by atoms with van der Waals surface area (Å²) in [6, 6.07) is 6.58. The molecule has 0 aliphatic heterocycles. The maximum absolute atomic E-state index is 4.73. The van der Waals surface area contributed by atoms with Crippen molar-refractivity contribution in [3.63, 3.8) is 0 Å². The molecule has 0 atom stereocenters. The summed E-state index contributed by atoms with van der Waals surface area (Å²) in [7, 11) is 0. The van der Waals surface area contributed by atoms with Gasteiger partial charge >= 0.3 is 0 Å². The van der Waals surface area contributed by atoms with E-state index in [1.165, 1.54) is 22.3 Å². The minimum atomic E-state index is 0.785. The molecule has 1 heterocycles. The van der Waals surface area contributed by atoms with Crippen molar-refractivity contribution in [1.29, 1.82) is 0 Å². The molecular weight excluding hydrogens is 258 g/mol. The predicted octanol–water partition coefficient (Wildman–Crippen LogP) is 3.99. The first kappa shape index (κ1) is 15.5. The molecule has 2 rings (SSSR count). The Hall–Kier alpha value is -1.90. The highest BCUT2D eigenvalue weighted by atomic mass is 15.0. The standard InChI is InChI=1S/C18H25N3/c1-6-16-14(5)18(19-7-2)21-17(20-16)11-15-9-8-12(3)13(4)10-15/h8-10H,6-7,11H2,1-5H3,(H,19,20,21). The van der Waals surface area contributed by atoms with Crippen molar-refractivity contribution < 1.29 is 0 Å². The van der Waals surface area contributed by atoms with Gasteiger partial charge in [-0.15, -0.1) is 0 Å². The molecule has 2 aromatic rings. The van der Waals surface area contributed by atoms with E-state index in [-0.39, 0.29) is 0 Å². The van der Waals surface area contributed by atoms with Crippen LogP contribution in [0.2, 0.25) is 0 Å². The number of anilines is 1. The summed E-state index contributed by atoms with van der Waals surface area (Å²) in [5.41, 5.74) is 6.22. The molecule has 0 amide bonds. The number of aryl methyl sites for hydroxylation is 3. The number of aromatic nitrogens is 2. The summed E-state index contributed by atoms with van der Waals surface area (Å²) < 4.78 is 0. The van der Waals surface area contributed by atoms with Gasteiger partial charge in [0, 0.05) is 24.2 Å². The van der Waals surface area contributed by atoms with Crippen LogP contribution in [-0.2, 0) is 12.8 Å². The number of nitrogens with zero attached hydrogens (tertiary/aromatic N) is 2. The van der Waals surface area contributed by atoms with E-state index in [1.807, 2.05) is 0 Å². The molecule has 3 heteroatoms. The maximum Gasteiger partial charge on any atom is 0.135 e. The van der Waals surface area contributed by atoms with E-state index < -0.39 is 0 Å². The lowest BCUT2D eigenvalue weighted by Crippen LogP contribution is -2.09. The van der Waals surface area contributed by atoms with Gasteiger partial charge in [-0.1, -0.05) is 25.1 Å². The molecule has 1 aromatic carbocycles. The Balaban J connectivity index is 2.34. The van der Waals surface area contributed by atoms with E-state index in [1.54, 1.807) is 0 Å². The maximum atomic E-state index is 4.73. The molecule has 0 saturated carbocycles. The molecule has 21 heavy (non-hydrogen) atoms. The van der Waals surface area contributed by atoms with Crippen molar-refractivity contribution in [1.82, 2.24) is 9.97 Å². The van der Waals surface area contributed by atoms with Crippen LogP contribution in [0.25, 0.3) is 0 Å². The third-order valence-electron chi connectivity index (χ3n) is 3.91. The van der Waals surface area contributed by atoms with Gasteiger partial charge in [-0.3, -0.25) is 0 Å². The Labute approximate surface area is 127 Å². The van der Waals surface area contributed by atoms with Crippen molar-refractivity contribution in [2.24, 2.45) is 0 Å². The van der Waals surface area contributed by atoms with Gasteiger partial charge in [0.1, 0.15) is 11.6 Å². The molecule has 0 bridgehead atoms. The molecule has 0 spiro atoms. The lowest BCUT2D eigenvalue weighted by atomic mass is 10.0. The predicted molar refractivity (Wildman–Crippen MR) is 89.0 cm³/mol. The van der Waals surface area contributed by atoms with Crippen molar-refractivity contribution in [2.75, 3.05) is 11.9 Å². The zero-order valence-electron chi connectivity index (χ0n) is 13.7. The largest absolute Gasteiger partial charge is 0.370 e. The zero-order valence-corrected chi connectivity index (χ0v) is 13.7. The molecule has 0 radical (unpaired) electrons. The molecule has 0 unspecified atom stereocenters. The van der Waals surface area contributed by atoms with E-state index >= 15 is 0 Å². The van der Waals surface area contributed by atoms with Crippen LogP contribution in [-0.4, -0.2) is 16.5 Å². The lowest BCUT2D eigenvalue weighted by Gasteiger charge is -2.13. The summed E-state index contributed by atoms with van der Waals surface area (Å²) in [6.45, 7) is 11.5. The Morgan fingerprint density at radius 3 is 2.38 bits per heavy atom. The van der Waals surface area contributed by atoms with E-state index in [0.29, 0.717) is 0 Å². The smallest absolute Gasteiger partial charge is 0.135 e. The van der Waals surface area contributed by atoms with Crippen LogP contribution in [0.5, 0.6) is 0 Å². The van der Waals surface area contributed by atoms with Crippen molar-refractivity contribution in [2.45, 2.75) is 47.5 Å². The molecule has 0 aliphatic rings. The van der Waals surface area contributed by atoms with Crippen LogP contribution >= 0.6 is 0 Å². The Morgan fingerprint density at radius 2 is 1.76 bits per heavy atom. The topological polar surface area (TPSA) is 37.8 Å². The van der Waals surface area contributed by atoms with Gasteiger partial charge in [0.2, 0.25) is 0 Å². The first-order valence-electron chi connectivity index (χ1n) is 7.71. The minimum absolute atomic E-state index is 0.785. The van der Waals surface area contributed by atoms with Gasteiger partial charge in [-0.05, 0) is 50.8 Å². The molecule has 1 N–H and O–H groups in total. The molecule has 0 fully saturated rings. The zero-order chi connectivity index (χ0) is 15.4. The first-order chi connectivity index (χ1) is 10.0. The second kappa shape index (κ2) is 6.70. The summed E-state index contributed by atoms with van der Waals surface area (Å²) in [4.78, 5) is 9.43. The fourth-order valence-corrected chi connectivity index (χ4v) is 2.47. The molecule has 1 aromatic heterocycles. The quantitative estimate of drug-likeness (QED) is 0.901. The molecule has 112 valence electrons. The highest BCUT2D eigenvalue weighted by molar-refractivity contribution is 5.46. The fraction of sp³-hybridized carbons (Fsp3) is 0.444. The number of nitrogens with one attached hydrogen (secondary N) is 1. The van der Waals surface area contributed by atoms with E-state index in [4.69, 9.17) is 9.97 Å². The lowest BCUT2D eigenvalue weighted by molar-refractivity contribution is 0.886. The third-order valence-corrected chi connectivity index (χ3v) is 3.91. The average Bonchev–Trinajstić information content (AvgIpc) is 2.46. The monoisotopic (exact) mass is 283 g/mol. The second-order valence-electron chi connectivity index (χ2n) is 5.54. The SMILES string of the molecule is CCNc1nc(Cc2ccc(C)c(C)c2)nc(CC)c1C. The Morgan fingerprint density at radius 1 is 1.00 bits per heavy atom. The van der Waals surface area contributed by atoms with Crippen LogP contribution in [0.1, 0.15) is 47.6 Å². The molecular formula is C18H25N3. The summed E-state index contributed by atoms with van der Waals surface area (Å²) >= 11 is 0. The Bertz CT molecular complexity index is 633. The van der Waals surface area contributed by atoms with E-state index in [9.17, 15) is 0 Å². The van der Waals surface area contributed by atoms with Crippen LogP contribution in [0.4, 0.5) is 5.82 Å². The summed E-state index contributed by atoms with van der Waals surface area (Å²) in [6.07, 6.45) is 1.72. The number of hydrogen-bond acceptors (Lipinski definition) is 3. The number of rotatable bonds is 5. The van der Waals surface area contributed by atoms with Gasteiger partial charge in [-0.2, -0.15) is 0 Å². The van der Waals surface area contributed by atoms with Gasteiger partial charge < -0.3 is 5.32 Å². The molecule has 0 aliphatic carbocycles. The first-order valence-corrected chi connectivity index (χ1v) is 7.71. The molecule has 3 nitrogen and oxygen atoms in total. The van der Waals surface area contributed by atoms with Crippen molar-refractivity contribution in [3.8, 4) is 0 Å². The van der Waals surface area contributed by atoms with Gasteiger partial charge in [0.15, 0.2) is 0 Å².